The molecule has 0 spiro atoms. The highest BCUT2D eigenvalue weighted by Crippen LogP contribution is 2.21. The van der Waals surface area contributed by atoms with Crippen LogP contribution in [0, 0.1) is 23.0 Å². The Labute approximate surface area is 114 Å². The van der Waals surface area contributed by atoms with Gasteiger partial charge < -0.3 is 5.32 Å². The average Bonchev–Trinajstić information content (AvgIpc) is 2.42. The highest BCUT2D eigenvalue weighted by atomic mass is 35.5. The molecule has 0 heterocycles. The van der Waals surface area contributed by atoms with Gasteiger partial charge in [0.2, 0.25) is 0 Å². The minimum atomic E-state index is -1.14. The lowest BCUT2D eigenvalue weighted by molar-refractivity contribution is 0.508. The zero-order chi connectivity index (χ0) is 13.8. The van der Waals surface area contributed by atoms with Crippen molar-refractivity contribution in [2.24, 2.45) is 0 Å². The molecule has 0 aliphatic heterocycles. The summed E-state index contributed by atoms with van der Waals surface area (Å²) in [4.78, 5) is 0. The third-order valence-corrected chi connectivity index (χ3v) is 2.85. The Morgan fingerprint density at radius 2 is 1.74 bits per heavy atom. The van der Waals surface area contributed by atoms with E-state index in [0.717, 1.165) is 5.56 Å². The Morgan fingerprint density at radius 3 is 2.37 bits per heavy atom. The van der Waals surface area contributed by atoms with E-state index in [1.165, 1.54) is 12.1 Å². The van der Waals surface area contributed by atoms with E-state index in [1.807, 2.05) is 0 Å². The van der Waals surface area contributed by atoms with E-state index in [4.69, 9.17) is 16.9 Å². The monoisotopic (exact) mass is 278 g/mol. The van der Waals surface area contributed by atoms with Crippen molar-refractivity contribution in [2.75, 3.05) is 5.32 Å². The van der Waals surface area contributed by atoms with Crippen LogP contribution in [-0.2, 0) is 6.54 Å². The molecule has 0 atom stereocenters. The smallest absolute Gasteiger partial charge is 0.183 e. The summed E-state index contributed by atoms with van der Waals surface area (Å²) >= 11 is 5.75. The van der Waals surface area contributed by atoms with E-state index in [9.17, 15) is 8.78 Å². The molecular weight excluding hydrogens is 270 g/mol. The molecule has 19 heavy (non-hydrogen) atoms. The topological polar surface area (TPSA) is 35.8 Å². The third-order valence-electron chi connectivity index (χ3n) is 2.60. The van der Waals surface area contributed by atoms with Gasteiger partial charge in [0.15, 0.2) is 11.6 Å². The van der Waals surface area contributed by atoms with Gasteiger partial charge >= 0.3 is 0 Å². The van der Waals surface area contributed by atoms with Crippen molar-refractivity contribution in [3.8, 4) is 6.07 Å². The highest BCUT2D eigenvalue weighted by molar-refractivity contribution is 6.30. The van der Waals surface area contributed by atoms with Crippen LogP contribution in [0.1, 0.15) is 11.1 Å². The van der Waals surface area contributed by atoms with Crippen LogP contribution in [0.4, 0.5) is 14.5 Å². The van der Waals surface area contributed by atoms with Gasteiger partial charge in [0.05, 0.1) is 11.3 Å². The number of anilines is 1. The second-order valence-corrected chi connectivity index (χ2v) is 4.32. The lowest BCUT2D eigenvalue weighted by atomic mass is 10.2. The summed E-state index contributed by atoms with van der Waals surface area (Å²) in [6, 6.07) is 11.2. The maximum atomic E-state index is 13.6. The van der Waals surface area contributed by atoms with Crippen molar-refractivity contribution in [1.82, 2.24) is 0 Å². The summed E-state index contributed by atoms with van der Waals surface area (Å²) < 4.78 is 27.0. The van der Waals surface area contributed by atoms with Gasteiger partial charge in [-0.15, -0.1) is 0 Å². The zero-order valence-electron chi connectivity index (χ0n) is 9.75. The Hall–Kier alpha value is -2.12. The second kappa shape index (κ2) is 5.68. The molecule has 1 N–H and O–H groups in total. The summed E-state index contributed by atoms with van der Waals surface area (Å²) in [5, 5.41) is 12.0. The molecule has 2 aromatic carbocycles. The number of benzene rings is 2. The van der Waals surface area contributed by atoms with Gasteiger partial charge in [-0.1, -0.05) is 23.7 Å². The fraction of sp³-hybridized carbons (Fsp3) is 0.0714. The lowest BCUT2D eigenvalue weighted by Gasteiger charge is -2.08. The van der Waals surface area contributed by atoms with Crippen LogP contribution in [0.5, 0.6) is 0 Å². The second-order valence-electron chi connectivity index (χ2n) is 3.88. The number of hydrogen-bond acceptors (Lipinski definition) is 2. The largest absolute Gasteiger partial charge is 0.379 e. The summed E-state index contributed by atoms with van der Waals surface area (Å²) in [6.07, 6.45) is 0. The van der Waals surface area contributed by atoms with Gasteiger partial charge in [-0.3, -0.25) is 0 Å². The van der Waals surface area contributed by atoms with E-state index >= 15 is 0 Å². The van der Waals surface area contributed by atoms with Gasteiger partial charge in [-0.05, 0) is 29.8 Å². The normalized spacial score (nSPS) is 10.0. The van der Waals surface area contributed by atoms with Gasteiger partial charge in [0.1, 0.15) is 6.07 Å². The van der Waals surface area contributed by atoms with Crippen LogP contribution >= 0.6 is 11.6 Å². The number of halogens is 3. The highest BCUT2D eigenvalue weighted by Gasteiger charge is 2.12. The standard InChI is InChI=1S/C14H9ClF2N2/c15-11-4-1-9(2-5-11)8-19-12-6-3-10(7-18)13(16)14(12)17/h1-6,19H,8H2. The van der Waals surface area contributed by atoms with E-state index in [1.54, 1.807) is 30.3 Å². The van der Waals surface area contributed by atoms with Gasteiger partial charge in [-0.25, -0.2) is 8.78 Å². The first-order valence-electron chi connectivity index (χ1n) is 5.48. The van der Waals surface area contributed by atoms with Crippen LogP contribution in [0.3, 0.4) is 0 Å². The summed E-state index contributed by atoms with van der Waals surface area (Å²) in [5.41, 5.74) is 0.592. The van der Waals surface area contributed by atoms with Crippen molar-refractivity contribution >= 4 is 17.3 Å². The number of nitrogens with zero attached hydrogens (tertiary/aromatic N) is 1. The minimum absolute atomic E-state index is 0.0199. The zero-order valence-corrected chi connectivity index (χ0v) is 10.5. The third kappa shape index (κ3) is 3.01. The van der Waals surface area contributed by atoms with Crippen molar-refractivity contribution in [1.29, 1.82) is 5.26 Å². The first-order chi connectivity index (χ1) is 9.11. The van der Waals surface area contributed by atoms with Gasteiger partial charge in [0.25, 0.3) is 0 Å². The Bertz CT molecular complexity index is 633. The van der Waals surface area contributed by atoms with E-state index in [2.05, 4.69) is 5.32 Å². The van der Waals surface area contributed by atoms with Crippen LogP contribution in [0.2, 0.25) is 5.02 Å². The fourth-order valence-electron chi connectivity index (χ4n) is 1.57. The predicted octanol–water partition coefficient (Wildman–Crippen LogP) is 4.10. The first-order valence-corrected chi connectivity index (χ1v) is 5.86. The average molecular weight is 279 g/mol. The molecule has 0 saturated carbocycles. The summed E-state index contributed by atoms with van der Waals surface area (Å²) in [7, 11) is 0. The Balaban J connectivity index is 2.14. The number of rotatable bonds is 3. The van der Waals surface area contributed by atoms with Crippen LogP contribution in [0.25, 0.3) is 0 Å². The molecule has 96 valence electrons. The summed E-state index contributed by atoms with van der Waals surface area (Å²) in [6.45, 7) is 0.333. The molecule has 2 rings (SSSR count). The molecule has 0 amide bonds. The number of hydrogen-bond donors (Lipinski definition) is 1. The van der Waals surface area contributed by atoms with E-state index < -0.39 is 11.6 Å². The Morgan fingerprint density at radius 1 is 1.05 bits per heavy atom. The molecule has 0 aliphatic carbocycles. The molecule has 5 heteroatoms. The van der Waals surface area contributed by atoms with Gasteiger partial charge in [0, 0.05) is 11.6 Å². The molecule has 0 aliphatic rings. The molecule has 0 unspecified atom stereocenters. The Kier molecular flexibility index (Phi) is 3.98. The van der Waals surface area contributed by atoms with Crippen molar-refractivity contribution in [2.45, 2.75) is 6.54 Å². The van der Waals surface area contributed by atoms with Crippen LogP contribution in [-0.4, -0.2) is 0 Å². The quantitative estimate of drug-likeness (QED) is 0.917. The van der Waals surface area contributed by atoms with Crippen LogP contribution < -0.4 is 5.32 Å². The molecule has 0 aromatic heterocycles. The molecule has 2 aromatic rings. The molecule has 2 nitrogen and oxygen atoms in total. The molecule has 0 radical (unpaired) electrons. The molecule has 0 saturated heterocycles. The van der Waals surface area contributed by atoms with E-state index in [0.29, 0.717) is 11.6 Å². The van der Waals surface area contributed by atoms with Gasteiger partial charge in [-0.2, -0.15) is 5.26 Å². The fourth-order valence-corrected chi connectivity index (χ4v) is 1.70. The first kappa shape index (κ1) is 13.3. The van der Waals surface area contributed by atoms with Crippen molar-refractivity contribution in [3.05, 3.63) is 64.2 Å². The summed E-state index contributed by atoms with van der Waals surface area (Å²) in [5.74, 6) is -2.18. The maximum Gasteiger partial charge on any atom is 0.183 e. The van der Waals surface area contributed by atoms with Crippen LogP contribution in [0.15, 0.2) is 36.4 Å². The van der Waals surface area contributed by atoms with Crippen molar-refractivity contribution in [3.63, 3.8) is 0 Å². The molecule has 0 fully saturated rings. The SMILES string of the molecule is N#Cc1ccc(NCc2ccc(Cl)cc2)c(F)c1F. The predicted molar refractivity (Wildman–Crippen MR) is 69.9 cm³/mol. The molecule has 0 bridgehead atoms. The van der Waals surface area contributed by atoms with Crippen molar-refractivity contribution < 1.29 is 8.78 Å². The molecular formula is C14H9ClF2N2. The lowest BCUT2D eigenvalue weighted by Crippen LogP contribution is -2.03. The van der Waals surface area contributed by atoms with E-state index in [-0.39, 0.29) is 11.3 Å². The minimum Gasteiger partial charge on any atom is -0.379 e. The number of nitrogens with one attached hydrogen (secondary N) is 1. The maximum absolute atomic E-state index is 13.6. The number of nitriles is 1.